The summed E-state index contributed by atoms with van der Waals surface area (Å²) in [6.45, 7) is 2.17. The van der Waals surface area contributed by atoms with Crippen LogP contribution in [0.3, 0.4) is 0 Å². The third kappa shape index (κ3) is 7.32. The van der Waals surface area contributed by atoms with Gasteiger partial charge in [-0.15, -0.1) is 0 Å². The second-order valence-corrected chi connectivity index (χ2v) is 11.3. The number of benzene rings is 2. The van der Waals surface area contributed by atoms with Crippen LogP contribution in [0.4, 0.5) is 8.78 Å². The van der Waals surface area contributed by atoms with Gasteiger partial charge in [0.1, 0.15) is 5.75 Å². The second kappa shape index (κ2) is 13.8. The van der Waals surface area contributed by atoms with Crippen LogP contribution in [0.15, 0.2) is 52.1 Å². The van der Waals surface area contributed by atoms with E-state index < -0.39 is 22.7 Å². The van der Waals surface area contributed by atoms with Crippen molar-refractivity contribution in [3.63, 3.8) is 0 Å². The Kier molecular flexibility index (Phi) is 10.1. The van der Waals surface area contributed by atoms with Gasteiger partial charge in [-0.05, 0) is 55.2 Å². The summed E-state index contributed by atoms with van der Waals surface area (Å²) in [4.78, 5) is 31.5. The molecular formula is C30H32Cl2F2N4O6. The lowest BCUT2D eigenvalue weighted by Crippen LogP contribution is -2.40. The number of imidazole rings is 1. The second-order valence-electron chi connectivity index (χ2n) is 10.5. The van der Waals surface area contributed by atoms with Gasteiger partial charge in [0, 0.05) is 36.2 Å². The summed E-state index contributed by atoms with van der Waals surface area (Å²) in [5, 5.41) is 0.400. The first-order valence-corrected chi connectivity index (χ1v) is 14.9. The van der Waals surface area contributed by atoms with Crippen molar-refractivity contribution >= 4 is 34.4 Å². The summed E-state index contributed by atoms with van der Waals surface area (Å²) in [7, 11) is 1.49. The molecule has 236 valence electrons. The van der Waals surface area contributed by atoms with E-state index in [1.807, 2.05) is 0 Å². The number of aryl methyl sites for hydroxylation is 1. The molecule has 2 aromatic carbocycles. The molecule has 14 heteroatoms. The molecule has 0 aliphatic carbocycles. The number of nitrogens with zero attached hydrogens (tertiary/aromatic N) is 4. The molecule has 1 aliphatic heterocycles. The molecule has 1 unspecified atom stereocenters. The molecule has 0 amide bonds. The number of hydrogen-bond donors (Lipinski definition) is 0. The molecule has 3 heterocycles. The fourth-order valence-corrected chi connectivity index (χ4v) is 5.30. The van der Waals surface area contributed by atoms with Crippen LogP contribution < -0.4 is 16.0 Å². The maximum atomic E-state index is 14.2. The van der Waals surface area contributed by atoms with E-state index in [0.29, 0.717) is 18.2 Å². The number of fused-ring (bicyclic) bond motifs is 1. The van der Waals surface area contributed by atoms with Crippen LogP contribution in [0, 0.1) is 0 Å². The van der Waals surface area contributed by atoms with E-state index in [1.54, 1.807) is 24.3 Å². The van der Waals surface area contributed by atoms with E-state index in [0.717, 1.165) is 42.4 Å². The standard InChI is InChI=1S/C30H32Cl2F2N4O6/c1-30(33,34)22-17-21(10-11-23(22)32)44-28-35-26-25(38(28)18-19-6-8-20(31)9-7-19)27(39)37(29(40)36(26)2)12-14-41-15-16-43-24-5-3-4-13-42-24/h6-11,17,24H,3-5,12-16,18H2,1-2H3. The van der Waals surface area contributed by atoms with E-state index in [1.165, 1.54) is 28.3 Å². The number of hydrogen-bond acceptors (Lipinski definition) is 7. The highest BCUT2D eigenvalue weighted by molar-refractivity contribution is 6.31. The smallest absolute Gasteiger partial charge is 0.332 e. The molecule has 2 aromatic heterocycles. The first-order chi connectivity index (χ1) is 21.0. The van der Waals surface area contributed by atoms with Crippen molar-refractivity contribution in [2.75, 3.05) is 26.4 Å². The van der Waals surface area contributed by atoms with Gasteiger partial charge in [-0.3, -0.25) is 18.5 Å². The Labute approximate surface area is 261 Å². The average Bonchev–Trinajstić information content (AvgIpc) is 3.35. The van der Waals surface area contributed by atoms with Gasteiger partial charge in [0.25, 0.3) is 11.5 Å². The van der Waals surface area contributed by atoms with E-state index >= 15 is 0 Å². The summed E-state index contributed by atoms with van der Waals surface area (Å²) >= 11 is 12.1. The van der Waals surface area contributed by atoms with Gasteiger partial charge in [0.2, 0.25) is 0 Å². The van der Waals surface area contributed by atoms with Crippen molar-refractivity contribution in [1.29, 1.82) is 0 Å². The Hall–Kier alpha value is -3.29. The van der Waals surface area contributed by atoms with Crippen molar-refractivity contribution in [2.45, 2.75) is 51.5 Å². The molecule has 44 heavy (non-hydrogen) atoms. The Balaban J connectivity index is 1.45. The summed E-state index contributed by atoms with van der Waals surface area (Å²) < 4.78 is 54.9. The third-order valence-corrected chi connectivity index (χ3v) is 7.78. The summed E-state index contributed by atoms with van der Waals surface area (Å²) in [5.74, 6) is -3.20. The minimum Gasteiger partial charge on any atom is -0.425 e. The van der Waals surface area contributed by atoms with Crippen LogP contribution in [0.2, 0.25) is 10.0 Å². The van der Waals surface area contributed by atoms with Crippen LogP contribution in [0.5, 0.6) is 11.8 Å². The molecule has 4 aromatic rings. The molecule has 5 rings (SSSR count). The third-order valence-electron chi connectivity index (χ3n) is 7.20. The van der Waals surface area contributed by atoms with Crippen molar-refractivity contribution < 1.29 is 27.7 Å². The zero-order valence-electron chi connectivity index (χ0n) is 24.2. The fourth-order valence-electron chi connectivity index (χ4n) is 4.89. The van der Waals surface area contributed by atoms with Crippen molar-refractivity contribution in [1.82, 2.24) is 18.7 Å². The molecule has 0 saturated carbocycles. The zero-order chi connectivity index (χ0) is 31.4. The Bertz CT molecular complexity index is 1730. The largest absolute Gasteiger partial charge is 0.425 e. The summed E-state index contributed by atoms with van der Waals surface area (Å²) in [6.07, 6.45) is 2.68. The lowest BCUT2D eigenvalue weighted by atomic mass is 10.1. The number of ether oxygens (including phenoxy) is 4. The molecule has 0 N–H and O–H groups in total. The minimum atomic E-state index is -3.23. The highest BCUT2D eigenvalue weighted by Gasteiger charge is 2.29. The monoisotopic (exact) mass is 652 g/mol. The molecule has 1 saturated heterocycles. The molecule has 0 spiro atoms. The molecule has 1 atom stereocenters. The maximum Gasteiger partial charge on any atom is 0.332 e. The van der Waals surface area contributed by atoms with Gasteiger partial charge in [-0.1, -0.05) is 35.3 Å². The van der Waals surface area contributed by atoms with Crippen molar-refractivity contribution in [3.05, 3.63) is 84.5 Å². The Morgan fingerprint density at radius 2 is 1.82 bits per heavy atom. The predicted octanol–water partition coefficient (Wildman–Crippen LogP) is 5.72. The SMILES string of the molecule is Cn1c(=O)n(CCOCCOC2CCCCO2)c(=O)c2c1nc(Oc1ccc(Cl)c(C(C)(F)F)c1)n2Cc1ccc(Cl)cc1. The van der Waals surface area contributed by atoms with Crippen LogP contribution in [-0.2, 0) is 40.3 Å². The normalized spacial score (nSPS) is 15.6. The minimum absolute atomic E-state index is 0.0180. The highest BCUT2D eigenvalue weighted by Crippen LogP contribution is 2.36. The average molecular weight is 654 g/mol. The lowest BCUT2D eigenvalue weighted by molar-refractivity contribution is -0.169. The van der Waals surface area contributed by atoms with Crippen LogP contribution in [0.25, 0.3) is 11.2 Å². The molecule has 1 aliphatic rings. The van der Waals surface area contributed by atoms with E-state index in [9.17, 15) is 18.4 Å². The van der Waals surface area contributed by atoms with Gasteiger partial charge < -0.3 is 18.9 Å². The van der Waals surface area contributed by atoms with E-state index in [2.05, 4.69) is 4.98 Å². The Morgan fingerprint density at radius 3 is 2.52 bits per heavy atom. The Morgan fingerprint density at radius 1 is 1.05 bits per heavy atom. The first-order valence-electron chi connectivity index (χ1n) is 14.1. The van der Waals surface area contributed by atoms with Gasteiger partial charge >= 0.3 is 11.7 Å². The molecule has 1 fully saturated rings. The lowest BCUT2D eigenvalue weighted by Gasteiger charge is -2.22. The van der Waals surface area contributed by atoms with Crippen molar-refractivity contribution in [2.24, 2.45) is 7.05 Å². The molecule has 0 radical (unpaired) electrons. The van der Waals surface area contributed by atoms with Gasteiger partial charge in [-0.25, -0.2) is 13.6 Å². The van der Waals surface area contributed by atoms with Crippen LogP contribution in [0.1, 0.15) is 37.3 Å². The number of alkyl halides is 2. The summed E-state index contributed by atoms with van der Waals surface area (Å²) in [6, 6.07) is 10.7. The zero-order valence-corrected chi connectivity index (χ0v) is 25.7. The quantitative estimate of drug-likeness (QED) is 0.181. The fraction of sp³-hybridized carbons (Fsp3) is 0.433. The van der Waals surface area contributed by atoms with Gasteiger partial charge in [0.05, 0.1) is 32.9 Å². The molecule has 10 nitrogen and oxygen atoms in total. The number of rotatable bonds is 12. The molecular weight excluding hydrogens is 621 g/mol. The molecule has 0 bridgehead atoms. The number of halogens is 4. The number of aromatic nitrogens is 4. The first kappa shape index (κ1) is 32.1. The maximum absolute atomic E-state index is 14.2. The van der Waals surface area contributed by atoms with E-state index in [-0.39, 0.29) is 60.5 Å². The van der Waals surface area contributed by atoms with Gasteiger partial charge in [-0.2, -0.15) is 4.98 Å². The van der Waals surface area contributed by atoms with Crippen molar-refractivity contribution in [3.8, 4) is 11.8 Å². The predicted molar refractivity (Wildman–Crippen MR) is 161 cm³/mol. The van der Waals surface area contributed by atoms with Crippen LogP contribution >= 0.6 is 23.2 Å². The highest BCUT2D eigenvalue weighted by atomic mass is 35.5. The topological polar surface area (TPSA) is 98.7 Å². The van der Waals surface area contributed by atoms with Crippen LogP contribution in [-0.4, -0.2) is 51.4 Å². The summed E-state index contributed by atoms with van der Waals surface area (Å²) in [5.41, 5.74) is -0.724. The van der Waals surface area contributed by atoms with E-state index in [4.69, 9.17) is 42.1 Å². The van der Waals surface area contributed by atoms with Gasteiger partial charge in [0.15, 0.2) is 17.5 Å².